The number of aliphatic hydroxyl groups is 1. The summed E-state index contributed by atoms with van der Waals surface area (Å²) < 4.78 is 0. The summed E-state index contributed by atoms with van der Waals surface area (Å²) in [5, 5.41) is 25.9. The first-order valence-corrected chi connectivity index (χ1v) is 7.25. The number of nitrogens with one attached hydrogen (secondary N) is 2. The van der Waals surface area contributed by atoms with Crippen molar-refractivity contribution < 1.29 is 5.11 Å². The fourth-order valence-electron chi connectivity index (χ4n) is 2.37. The van der Waals surface area contributed by atoms with Crippen molar-refractivity contribution in [3.8, 4) is 11.8 Å². The third-order valence-electron chi connectivity index (χ3n) is 3.61. The van der Waals surface area contributed by atoms with Crippen molar-refractivity contribution in [3.63, 3.8) is 0 Å². The number of allylic oxidation sites excluding steroid dienone is 2. The molecule has 0 atom stereocenters. The SMILES string of the molecule is N=C(C#CC1(O)CCCCC1)/C=C\C(=N)c1ccccc1. The van der Waals surface area contributed by atoms with Gasteiger partial charge in [0.1, 0.15) is 11.3 Å². The van der Waals surface area contributed by atoms with Crippen LogP contribution in [0.4, 0.5) is 0 Å². The van der Waals surface area contributed by atoms with Crippen LogP contribution in [-0.2, 0) is 0 Å². The Bertz CT molecular complexity index is 599. The van der Waals surface area contributed by atoms with Crippen molar-refractivity contribution >= 4 is 11.4 Å². The predicted molar refractivity (Wildman–Crippen MR) is 85.9 cm³/mol. The lowest BCUT2D eigenvalue weighted by molar-refractivity contribution is 0.0610. The highest BCUT2D eigenvalue weighted by Gasteiger charge is 2.26. The molecule has 1 aromatic carbocycles. The minimum Gasteiger partial charge on any atom is -0.378 e. The molecule has 0 unspecified atom stereocenters. The summed E-state index contributed by atoms with van der Waals surface area (Å²) in [5.74, 6) is 5.52. The third kappa shape index (κ3) is 4.70. The average Bonchev–Trinajstić information content (AvgIpc) is 2.52. The second-order valence-electron chi connectivity index (χ2n) is 5.37. The largest absolute Gasteiger partial charge is 0.378 e. The molecule has 0 radical (unpaired) electrons. The highest BCUT2D eigenvalue weighted by Crippen LogP contribution is 2.27. The van der Waals surface area contributed by atoms with E-state index in [9.17, 15) is 5.11 Å². The van der Waals surface area contributed by atoms with E-state index in [1.165, 1.54) is 6.08 Å². The van der Waals surface area contributed by atoms with Crippen LogP contribution in [0.1, 0.15) is 37.7 Å². The molecular weight excluding hydrogens is 260 g/mol. The lowest BCUT2D eigenvalue weighted by Gasteiger charge is -2.26. The third-order valence-corrected chi connectivity index (χ3v) is 3.61. The maximum atomic E-state index is 10.2. The van der Waals surface area contributed by atoms with E-state index in [4.69, 9.17) is 10.8 Å². The van der Waals surface area contributed by atoms with Crippen molar-refractivity contribution in [1.29, 1.82) is 10.8 Å². The van der Waals surface area contributed by atoms with Crippen molar-refractivity contribution in [1.82, 2.24) is 0 Å². The second-order valence-corrected chi connectivity index (χ2v) is 5.37. The quantitative estimate of drug-likeness (QED) is 0.577. The summed E-state index contributed by atoms with van der Waals surface area (Å²) in [6.45, 7) is 0. The number of hydrogen-bond donors (Lipinski definition) is 3. The average molecular weight is 280 g/mol. The molecule has 1 aliphatic rings. The Labute approximate surface area is 125 Å². The monoisotopic (exact) mass is 280 g/mol. The maximum absolute atomic E-state index is 10.2. The molecule has 0 aliphatic heterocycles. The van der Waals surface area contributed by atoms with Crippen LogP contribution in [0.3, 0.4) is 0 Å². The van der Waals surface area contributed by atoms with E-state index in [1.54, 1.807) is 6.08 Å². The molecule has 1 saturated carbocycles. The van der Waals surface area contributed by atoms with Gasteiger partial charge in [-0.05, 0) is 49.3 Å². The van der Waals surface area contributed by atoms with Crippen LogP contribution in [0.15, 0.2) is 42.5 Å². The molecule has 0 bridgehead atoms. The Morgan fingerprint density at radius 2 is 1.71 bits per heavy atom. The van der Waals surface area contributed by atoms with Gasteiger partial charge in [-0.15, -0.1) is 0 Å². The van der Waals surface area contributed by atoms with E-state index in [-0.39, 0.29) is 5.71 Å². The Balaban J connectivity index is 1.96. The summed E-state index contributed by atoms with van der Waals surface area (Å²) in [6.07, 6.45) is 7.59. The van der Waals surface area contributed by atoms with Gasteiger partial charge in [-0.25, -0.2) is 0 Å². The summed E-state index contributed by atoms with van der Waals surface area (Å²) in [5.41, 5.74) is 0.347. The highest BCUT2D eigenvalue weighted by molar-refractivity contribution is 6.13. The molecule has 0 aromatic heterocycles. The predicted octanol–water partition coefficient (Wildman–Crippen LogP) is 3.33. The van der Waals surface area contributed by atoms with Crippen molar-refractivity contribution in [2.24, 2.45) is 0 Å². The maximum Gasteiger partial charge on any atom is 0.125 e. The van der Waals surface area contributed by atoms with Gasteiger partial charge in [0.05, 0.1) is 5.71 Å². The topological polar surface area (TPSA) is 67.9 Å². The van der Waals surface area contributed by atoms with Gasteiger partial charge in [-0.3, -0.25) is 5.41 Å². The molecule has 1 aromatic rings. The van der Waals surface area contributed by atoms with Gasteiger partial charge in [0.25, 0.3) is 0 Å². The molecule has 1 fully saturated rings. The fourth-order valence-corrected chi connectivity index (χ4v) is 2.37. The minimum absolute atomic E-state index is 0.120. The fraction of sp³-hybridized carbons (Fsp3) is 0.333. The van der Waals surface area contributed by atoms with Gasteiger partial charge in [-0.2, -0.15) is 0 Å². The molecule has 3 N–H and O–H groups in total. The van der Waals surface area contributed by atoms with E-state index in [1.807, 2.05) is 30.3 Å². The Morgan fingerprint density at radius 1 is 1.05 bits per heavy atom. The molecule has 3 nitrogen and oxygen atoms in total. The molecule has 3 heteroatoms. The van der Waals surface area contributed by atoms with Gasteiger partial charge >= 0.3 is 0 Å². The molecule has 0 spiro atoms. The van der Waals surface area contributed by atoms with E-state index in [2.05, 4.69) is 11.8 Å². The number of benzene rings is 1. The van der Waals surface area contributed by atoms with Crippen molar-refractivity contribution in [2.75, 3.05) is 0 Å². The zero-order valence-corrected chi connectivity index (χ0v) is 12.0. The molecule has 0 saturated heterocycles. The van der Waals surface area contributed by atoms with Crippen LogP contribution in [0.25, 0.3) is 0 Å². The van der Waals surface area contributed by atoms with E-state index in [0.717, 1.165) is 24.8 Å². The van der Waals surface area contributed by atoms with Gasteiger partial charge < -0.3 is 10.5 Å². The molecule has 2 rings (SSSR count). The normalized spacial score (nSPS) is 17.0. The number of hydrogen-bond acceptors (Lipinski definition) is 3. The van der Waals surface area contributed by atoms with E-state index >= 15 is 0 Å². The molecule has 108 valence electrons. The van der Waals surface area contributed by atoms with Gasteiger partial charge in [0, 0.05) is 0 Å². The summed E-state index contributed by atoms with van der Waals surface area (Å²) >= 11 is 0. The lowest BCUT2D eigenvalue weighted by Crippen LogP contribution is -2.29. The first-order chi connectivity index (χ1) is 10.1. The van der Waals surface area contributed by atoms with E-state index < -0.39 is 5.60 Å². The summed E-state index contributed by atoms with van der Waals surface area (Å²) in [6, 6.07) is 9.36. The molecule has 0 heterocycles. The Hall–Kier alpha value is -2.18. The standard InChI is InChI=1S/C18H20N2O/c19-16(11-14-18(21)12-5-2-6-13-18)9-10-17(20)15-7-3-1-4-8-15/h1,3-4,7-10,19-21H,2,5-6,12-13H2/b10-9-,19-16?,20-17?. The first kappa shape index (κ1) is 15.2. The second kappa shape index (κ2) is 7.01. The molecular formula is C18H20N2O. The Kier molecular flexibility index (Phi) is 5.08. The highest BCUT2D eigenvalue weighted by atomic mass is 16.3. The molecule has 0 amide bonds. The number of rotatable bonds is 3. The van der Waals surface area contributed by atoms with Crippen LogP contribution in [0.2, 0.25) is 0 Å². The van der Waals surface area contributed by atoms with Crippen molar-refractivity contribution in [2.45, 2.75) is 37.7 Å². The Morgan fingerprint density at radius 3 is 2.38 bits per heavy atom. The zero-order chi connectivity index (χ0) is 15.1. The van der Waals surface area contributed by atoms with Crippen LogP contribution in [0.5, 0.6) is 0 Å². The van der Waals surface area contributed by atoms with Gasteiger partial charge in [-0.1, -0.05) is 42.7 Å². The zero-order valence-electron chi connectivity index (χ0n) is 12.0. The van der Waals surface area contributed by atoms with E-state index in [0.29, 0.717) is 18.6 Å². The minimum atomic E-state index is -0.925. The smallest absolute Gasteiger partial charge is 0.125 e. The van der Waals surface area contributed by atoms with Crippen LogP contribution < -0.4 is 0 Å². The molecule has 1 aliphatic carbocycles. The first-order valence-electron chi connectivity index (χ1n) is 7.25. The van der Waals surface area contributed by atoms with Crippen LogP contribution >= 0.6 is 0 Å². The van der Waals surface area contributed by atoms with Gasteiger partial charge in [0.15, 0.2) is 0 Å². The van der Waals surface area contributed by atoms with Crippen LogP contribution in [0, 0.1) is 22.7 Å². The molecule has 21 heavy (non-hydrogen) atoms. The summed E-state index contributed by atoms with van der Waals surface area (Å²) in [7, 11) is 0. The van der Waals surface area contributed by atoms with Crippen molar-refractivity contribution in [3.05, 3.63) is 48.0 Å². The lowest BCUT2D eigenvalue weighted by atomic mass is 9.85. The van der Waals surface area contributed by atoms with Gasteiger partial charge in [0.2, 0.25) is 0 Å². The van der Waals surface area contributed by atoms with Crippen LogP contribution in [-0.4, -0.2) is 22.1 Å². The summed E-state index contributed by atoms with van der Waals surface area (Å²) in [4.78, 5) is 0.